The van der Waals surface area contributed by atoms with Crippen molar-refractivity contribution < 1.29 is 13.2 Å². The van der Waals surface area contributed by atoms with E-state index >= 15 is 0 Å². The van der Waals surface area contributed by atoms with Gasteiger partial charge in [-0.15, -0.1) is 11.3 Å². The van der Waals surface area contributed by atoms with Crippen LogP contribution in [0.25, 0.3) is 0 Å². The Labute approximate surface area is 141 Å². The van der Waals surface area contributed by atoms with E-state index in [2.05, 4.69) is 23.7 Å². The Hall–Kier alpha value is -0.990. The van der Waals surface area contributed by atoms with Crippen molar-refractivity contribution in [3.8, 4) is 0 Å². The molecule has 0 aromatic carbocycles. The molecule has 0 spiro atoms. The second-order valence-electron chi connectivity index (χ2n) is 6.85. The van der Waals surface area contributed by atoms with Crippen LogP contribution >= 0.6 is 11.3 Å². The number of rotatable bonds is 3. The van der Waals surface area contributed by atoms with E-state index < -0.39 is 9.84 Å². The number of aryl methyl sites for hydroxylation is 1. The lowest BCUT2D eigenvalue weighted by Crippen LogP contribution is -2.61. The summed E-state index contributed by atoms with van der Waals surface area (Å²) in [6, 6.07) is -0.332. The number of aromatic nitrogens is 1. The van der Waals surface area contributed by atoms with Crippen molar-refractivity contribution in [3.63, 3.8) is 0 Å². The minimum absolute atomic E-state index is 0.0706. The highest BCUT2D eigenvalue weighted by molar-refractivity contribution is 7.91. The Bertz CT molecular complexity index is 699. The van der Waals surface area contributed by atoms with Crippen LogP contribution in [0.15, 0.2) is 5.38 Å². The van der Waals surface area contributed by atoms with Gasteiger partial charge >= 0.3 is 0 Å². The van der Waals surface area contributed by atoms with Gasteiger partial charge in [-0.05, 0) is 12.8 Å². The highest BCUT2D eigenvalue weighted by atomic mass is 32.2. The van der Waals surface area contributed by atoms with Crippen molar-refractivity contribution in [1.82, 2.24) is 14.8 Å². The molecule has 1 aromatic rings. The first-order valence-corrected chi connectivity index (χ1v) is 10.6. The van der Waals surface area contributed by atoms with Crippen molar-refractivity contribution >= 4 is 27.1 Å². The van der Waals surface area contributed by atoms with Gasteiger partial charge in [0, 0.05) is 31.1 Å². The first-order valence-electron chi connectivity index (χ1n) is 7.94. The van der Waals surface area contributed by atoms with Gasteiger partial charge in [0.25, 0.3) is 5.91 Å². The van der Waals surface area contributed by atoms with Crippen LogP contribution in [-0.4, -0.2) is 72.3 Å². The number of fused-ring (bicyclic) bond motifs is 1. The number of carbonyl (C=O) groups is 1. The van der Waals surface area contributed by atoms with Gasteiger partial charge < -0.3 is 4.90 Å². The molecule has 0 bridgehead atoms. The maximum atomic E-state index is 12.8. The molecule has 2 saturated heterocycles. The smallest absolute Gasteiger partial charge is 0.273 e. The third-order valence-electron chi connectivity index (χ3n) is 4.49. The zero-order valence-corrected chi connectivity index (χ0v) is 15.4. The van der Waals surface area contributed by atoms with E-state index in [1.54, 1.807) is 10.3 Å². The molecule has 3 heterocycles. The molecule has 2 atom stereocenters. The van der Waals surface area contributed by atoms with Crippen molar-refractivity contribution in [2.75, 3.05) is 31.1 Å². The lowest BCUT2D eigenvalue weighted by atomic mass is 10.0. The SMILES string of the molecule is Cc1nc(C(=O)N2CCN(CC(C)C)[C@@H]3CS(=O)(=O)C[C@@H]32)cs1. The average molecular weight is 358 g/mol. The van der Waals surface area contributed by atoms with Crippen LogP contribution in [0, 0.1) is 12.8 Å². The van der Waals surface area contributed by atoms with E-state index in [0.29, 0.717) is 18.2 Å². The Morgan fingerprint density at radius 2 is 2.04 bits per heavy atom. The maximum Gasteiger partial charge on any atom is 0.273 e. The lowest BCUT2D eigenvalue weighted by Gasteiger charge is -2.44. The van der Waals surface area contributed by atoms with Crippen LogP contribution in [0.5, 0.6) is 0 Å². The number of hydrogen-bond donors (Lipinski definition) is 0. The Balaban J connectivity index is 1.85. The molecule has 6 nitrogen and oxygen atoms in total. The zero-order chi connectivity index (χ0) is 16.8. The summed E-state index contributed by atoms with van der Waals surface area (Å²) in [4.78, 5) is 21.0. The highest BCUT2D eigenvalue weighted by Gasteiger charge is 2.48. The second kappa shape index (κ2) is 6.14. The second-order valence-corrected chi connectivity index (χ2v) is 10.1. The summed E-state index contributed by atoms with van der Waals surface area (Å²) in [5, 5.41) is 2.61. The van der Waals surface area contributed by atoms with Gasteiger partial charge in [-0.1, -0.05) is 13.8 Å². The zero-order valence-electron chi connectivity index (χ0n) is 13.7. The molecule has 8 heteroatoms. The fraction of sp³-hybridized carbons (Fsp3) is 0.733. The summed E-state index contributed by atoms with van der Waals surface area (Å²) >= 11 is 1.44. The molecule has 0 radical (unpaired) electrons. The molecule has 0 saturated carbocycles. The van der Waals surface area contributed by atoms with Gasteiger partial charge in [-0.25, -0.2) is 13.4 Å². The molecule has 23 heavy (non-hydrogen) atoms. The van der Waals surface area contributed by atoms with Crippen LogP contribution in [0.4, 0.5) is 0 Å². The molecule has 2 aliphatic heterocycles. The van der Waals surface area contributed by atoms with E-state index in [0.717, 1.165) is 18.1 Å². The average Bonchev–Trinajstić information content (AvgIpc) is 3.00. The van der Waals surface area contributed by atoms with E-state index in [1.807, 2.05) is 6.92 Å². The van der Waals surface area contributed by atoms with E-state index in [4.69, 9.17) is 0 Å². The predicted octanol–water partition coefficient (Wildman–Crippen LogP) is 1.03. The summed E-state index contributed by atoms with van der Waals surface area (Å²) in [6.07, 6.45) is 0. The molecule has 2 fully saturated rings. The van der Waals surface area contributed by atoms with E-state index in [-0.39, 0.29) is 29.5 Å². The summed E-state index contributed by atoms with van der Waals surface area (Å²) < 4.78 is 24.3. The molecule has 0 unspecified atom stereocenters. The molecule has 0 N–H and O–H groups in total. The normalized spacial score (nSPS) is 27.4. The largest absolute Gasteiger partial charge is 0.330 e. The van der Waals surface area contributed by atoms with Crippen LogP contribution in [0.1, 0.15) is 29.3 Å². The molecular formula is C15H23N3O3S2. The van der Waals surface area contributed by atoms with Crippen molar-refractivity contribution in [1.29, 1.82) is 0 Å². The number of piperazine rings is 1. The molecule has 3 rings (SSSR count). The molecule has 1 amide bonds. The van der Waals surface area contributed by atoms with Gasteiger partial charge in [0.05, 0.1) is 22.6 Å². The number of hydrogen-bond acceptors (Lipinski definition) is 6. The van der Waals surface area contributed by atoms with E-state index in [1.165, 1.54) is 11.3 Å². The molecule has 2 aliphatic rings. The first kappa shape index (κ1) is 16.9. The Morgan fingerprint density at radius 3 is 2.65 bits per heavy atom. The van der Waals surface area contributed by atoms with Crippen LogP contribution in [-0.2, 0) is 9.84 Å². The number of thiazole rings is 1. The fourth-order valence-corrected chi connectivity index (χ4v) is 6.18. The number of sulfone groups is 1. The monoisotopic (exact) mass is 357 g/mol. The van der Waals surface area contributed by atoms with Crippen LogP contribution in [0.3, 0.4) is 0 Å². The lowest BCUT2D eigenvalue weighted by molar-refractivity contribution is 0.0293. The summed E-state index contributed by atoms with van der Waals surface area (Å²) in [5.74, 6) is 0.568. The molecule has 1 aromatic heterocycles. The fourth-order valence-electron chi connectivity index (χ4n) is 3.58. The molecule has 128 valence electrons. The van der Waals surface area contributed by atoms with Crippen LogP contribution < -0.4 is 0 Å². The van der Waals surface area contributed by atoms with Gasteiger partial charge in [-0.2, -0.15) is 0 Å². The minimum Gasteiger partial charge on any atom is -0.330 e. The van der Waals surface area contributed by atoms with Gasteiger partial charge in [0.15, 0.2) is 9.84 Å². The van der Waals surface area contributed by atoms with Crippen LogP contribution in [0.2, 0.25) is 0 Å². The maximum absolute atomic E-state index is 12.8. The quantitative estimate of drug-likeness (QED) is 0.808. The third-order valence-corrected chi connectivity index (χ3v) is 6.96. The minimum atomic E-state index is -3.09. The number of carbonyl (C=O) groups excluding carboxylic acids is 1. The summed E-state index contributed by atoms with van der Waals surface area (Å²) in [6.45, 7) is 8.30. The topological polar surface area (TPSA) is 70.6 Å². The van der Waals surface area contributed by atoms with Crippen molar-refractivity contribution in [3.05, 3.63) is 16.1 Å². The Morgan fingerprint density at radius 1 is 1.35 bits per heavy atom. The first-order chi connectivity index (χ1) is 10.8. The number of amides is 1. The summed E-state index contributed by atoms with van der Waals surface area (Å²) in [7, 11) is -3.09. The standard InChI is InChI=1S/C15H23N3O3S2/c1-10(2)6-17-4-5-18(14-9-23(20,21)8-13(14)17)15(19)12-7-22-11(3)16-12/h7,10,13-14H,4-6,8-9H2,1-3H3/t13-,14+/m1/s1. The van der Waals surface area contributed by atoms with Gasteiger partial charge in [-0.3, -0.25) is 9.69 Å². The molecular weight excluding hydrogens is 334 g/mol. The van der Waals surface area contributed by atoms with E-state index in [9.17, 15) is 13.2 Å². The van der Waals surface area contributed by atoms with Crippen molar-refractivity contribution in [2.45, 2.75) is 32.9 Å². The number of nitrogens with zero attached hydrogens (tertiary/aromatic N) is 3. The third kappa shape index (κ3) is 3.44. The van der Waals surface area contributed by atoms with Crippen molar-refractivity contribution in [2.24, 2.45) is 5.92 Å². The summed E-state index contributed by atoms with van der Waals surface area (Å²) in [5.41, 5.74) is 0.438. The predicted molar refractivity (Wildman–Crippen MR) is 90.5 cm³/mol. The van der Waals surface area contributed by atoms with Gasteiger partial charge in [0.1, 0.15) is 5.69 Å². The molecule has 0 aliphatic carbocycles. The highest BCUT2D eigenvalue weighted by Crippen LogP contribution is 2.29. The van der Waals surface area contributed by atoms with Gasteiger partial charge in [0.2, 0.25) is 0 Å². The Kier molecular flexibility index (Phi) is 4.50.